The fourth-order valence-corrected chi connectivity index (χ4v) is 3.10. The first-order chi connectivity index (χ1) is 9.83. The number of aliphatic imine (C=N–C) groups is 1. The lowest BCUT2D eigenvalue weighted by Crippen LogP contribution is -2.40. The maximum Gasteiger partial charge on any atom is 0.191 e. The van der Waals surface area contributed by atoms with Crippen molar-refractivity contribution in [3.05, 3.63) is 0 Å². The molecule has 1 saturated heterocycles. The minimum atomic E-state index is 0. The van der Waals surface area contributed by atoms with Crippen LogP contribution >= 0.6 is 24.0 Å². The van der Waals surface area contributed by atoms with E-state index in [2.05, 4.69) is 29.4 Å². The van der Waals surface area contributed by atoms with Crippen LogP contribution in [-0.2, 0) is 0 Å². The number of nitrogens with zero attached hydrogens (tertiary/aromatic N) is 2. The molecule has 0 radical (unpaired) electrons. The second-order valence-electron chi connectivity index (χ2n) is 6.20. The van der Waals surface area contributed by atoms with Crippen LogP contribution < -0.4 is 10.6 Å². The zero-order valence-corrected chi connectivity index (χ0v) is 16.1. The van der Waals surface area contributed by atoms with Crippen LogP contribution in [0.25, 0.3) is 0 Å². The van der Waals surface area contributed by atoms with Gasteiger partial charge in [0.2, 0.25) is 0 Å². The smallest absolute Gasteiger partial charge is 0.191 e. The van der Waals surface area contributed by atoms with Gasteiger partial charge in [0.1, 0.15) is 0 Å². The van der Waals surface area contributed by atoms with Crippen molar-refractivity contribution in [3.63, 3.8) is 0 Å². The molecule has 2 unspecified atom stereocenters. The number of rotatable bonds is 7. The SMILES string of the molecule is CCCC1CC1NC(=NCCN1CCCCC1)NCC.I. The van der Waals surface area contributed by atoms with E-state index >= 15 is 0 Å². The van der Waals surface area contributed by atoms with Crippen molar-refractivity contribution >= 4 is 29.9 Å². The Hall–Kier alpha value is -0.0400. The highest BCUT2D eigenvalue weighted by atomic mass is 127. The number of likely N-dealkylation sites (tertiary alicyclic amines) is 1. The molecule has 0 bridgehead atoms. The monoisotopic (exact) mass is 408 g/mol. The van der Waals surface area contributed by atoms with E-state index in [0.29, 0.717) is 6.04 Å². The molecule has 0 aromatic rings. The van der Waals surface area contributed by atoms with Crippen molar-refractivity contribution in [2.75, 3.05) is 32.7 Å². The molecule has 124 valence electrons. The molecule has 1 heterocycles. The van der Waals surface area contributed by atoms with Crippen LogP contribution in [0.1, 0.15) is 52.4 Å². The van der Waals surface area contributed by atoms with E-state index in [9.17, 15) is 0 Å². The Bertz CT molecular complexity index is 303. The summed E-state index contributed by atoms with van der Waals surface area (Å²) in [5.74, 6) is 1.90. The number of hydrogen-bond donors (Lipinski definition) is 2. The highest BCUT2D eigenvalue weighted by Crippen LogP contribution is 2.34. The van der Waals surface area contributed by atoms with Crippen molar-refractivity contribution in [1.29, 1.82) is 0 Å². The van der Waals surface area contributed by atoms with Crippen molar-refractivity contribution < 1.29 is 0 Å². The fourth-order valence-electron chi connectivity index (χ4n) is 3.10. The normalized spacial score (nSPS) is 26.1. The molecule has 0 aromatic heterocycles. The van der Waals surface area contributed by atoms with Gasteiger partial charge in [-0.3, -0.25) is 4.99 Å². The first-order valence-electron chi connectivity index (χ1n) is 8.60. The van der Waals surface area contributed by atoms with Gasteiger partial charge in [0.15, 0.2) is 5.96 Å². The summed E-state index contributed by atoms with van der Waals surface area (Å²) in [6.07, 6.45) is 8.11. The van der Waals surface area contributed by atoms with Gasteiger partial charge in [0, 0.05) is 19.1 Å². The standard InChI is InChI=1S/C16H32N4.HI/c1-3-8-14-13-15(14)19-16(17-4-2)18-9-12-20-10-6-5-7-11-20;/h14-15H,3-13H2,1-2H3,(H2,17,18,19);1H. The van der Waals surface area contributed by atoms with E-state index in [1.807, 2.05) is 0 Å². The van der Waals surface area contributed by atoms with Gasteiger partial charge in [-0.05, 0) is 51.6 Å². The number of guanidine groups is 1. The highest BCUT2D eigenvalue weighted by molar-refractivity contribution is 14.0. The first-order valence-corrected chi connectivity index (χ1v) is 8.60. The molecule has 2 aliphatic rings. The van der Waals surface area contributed by atoms with E-state index in [0.717, 1.165) is 31.5 Å². The summed E-state index contributed by atoms with van der Waals surface area (Å²) in [6.45, 7) is 9.91. The Morgan fingerprint density at radius 1 is 1.19 bits per heavy atom. The van der Waals surface area contributed by atoms with Crippen molar-refractivity contribution in [1.82, 2.24) is 15.5 Å². The molecule has 1 saturated carbocycles. The zero-order chi connectivity index (χ0) is 14.2. The number of piperidine rings is 1. The van der Waals surface area contributed by atoms with Crippen molar-refractivity contribution in [2.24, 2.45) is 10.9 Å². The number of hydrogen-bond acceptors (Lipinski definition) is 2. The van der Waals surface area contributed by atoms with Gasteiger partial charge in [-0.2, -0.15) is 0 Å². The molecule has 0 spiro atoms. The molecule has 4 nitrogen and oxygen atoms in total. The summed E-state index contributed by atoms with van der Waals surface area (Å²) in [4.78, 5) is 7.28. The maximum atomic E-state index is 4.74. The summed E-state index contributed by atoms with van der Waals surface area (Å²) in [6, 6.07) is 0.669. The zero-order valence-electron chi connectivity index (χ0n) is 13.7. The third-order valence-electron chi connectivity index (χ3n) is 4.38. The minimum Gasteiger partial charge on any atom is -0.357 e. The Labute approximate surface area is 147 Å². The Morgan fingerprint density at radius 3 is 2.62 bits per heavy atom. The third kappa shape index (κ3) is 7.17. The van der Waals surface area contributed by atoms with E-state index in [4.69, 9.17) is 4.99 Å². The van der Waals surface area contributed by atoms with Gasteiger partial charge >= 0.3 is 0 Å². The number of halogens is 1. The van der Waals surface area contributed by atoms with Gasteiger partial charge < -0.3 is 15.5 Å². The molecule has 2 atom stereocenters. The van der Waals surface area contributed by atoms with Crippen LogP contribution in [0.3, 0.4) is 0 Å². The Morgan fingerprint density at radius 2 is 1.95 bits per heavy atom. The van der Waals surface area contributed by atoms with Crippen LogP contribution in [0.15, 0.2) is 4.99 Å². The van der Waals surface area contributed by atoms with E-state index in [1.54, 1.807) is 0 Å². The van der Waals surface area contributed by atoms with Crippen LogP contribution in [-0.4, -0.2) is 49.6 Å². The van der Waals surface area contributed by atoms with Crippen LogP contribution in [0, 0.1) is 5.92 Å². The van der Waals surface area contributed by atoms with Crippen LogP contribution in [0.5, 0.6) is 0 Å². The lowest BCUT2D eigenvalue weighted by molar-refractivity contribution is 0.235. The van der Waals surface area contributed by atoms with Crippen LogP contribution in [0.2, 0.25) is 0 Å². The summed E-state index contributed by atoms with van der Waals surface area (Å²) >= 11 is 0. The minimum absolute atomic E-state index is 0. The van der Waals surface area contributed by atoms with Crippen molar-refractivity contribution in [3.8, 4) is 0 Å². The summed E-state index contributed by atoms with van der Waals surface area (Å²) in [5, 5.41) is 6.96. The molecule has 1 aliphatic carbocycles. The van der Waals surface area contributed by atoms with Crippen LogP contribution in [0.4, 0.5) is 0 Å². The van der Waals surface area contributed by atoms with E-state index in [-0.39, 0.29) is 24.0 Å². The molecule has 1 aliphatic heterocycles. The molecular weight excluding hydrogens is 375 g/mol. The molecule has 2 N–H and O–H groups in total. The van der Waals surface area contributed by atoms with Gasteiger partial charge in [0.05, 0.1) is 6.54 Å². The molecular formula is C16H33IN4. The Balaban J connectivity index is 0.00000220. The largest absolute Gasteiger partial charge is 0.357 e. The molecule has 21 heavy (non-hydrogen) atoms. The van der Waals surface area contributed by atoms with Crippen molar-refractivity contribution in [2.45, 2.75) is 58.4 Å². The highest BCUT2D eigenvalue weighted by Gasteiger charge is 2.36. The molecule has 0 aromatic carbocycles. The van der Waals surface area contributed by atoms with Gasteiger partial charge in [0.25, 0.3) is 0 Å². The second-order valence-corrected chi connectivity index (χ2v) is 6.20. The lowest BCUT2D eigenvalue weighted by Gasteiger charge is -2.25. The maximum absolute atomic E-state index is 4.74. The van der Waals surface area contributed by atoms with Gasteiger partial charge in [-0.1, -0.05) is 19.8 Å². The summed E-state index contributed by atoms with van der Waals surface area (Å²) in [7, 11) is 0. The van der Waals surface area contributed by atoms with Gasteiger partial charge in [-0.25, -0.2) is 0 Å². The number of nitrogens with one attached hydrogen (secondary N) is 2. The average Bonchev–Trinajstić information content (AvgIpc) is 3.18. The first kappa shape index (κ1) is 19.0. The molecule has 0 amide bonds. The second kappa shape index (κ2) is 10.6. The lowest BCUT2D eigenvalue weighted by atomic mass is 10.1. The van der Waals surface area contributed by atoms with E-state index < -0.39 is 0 Å². The fraction of sp³-hybridized carbons (Fsp3) is 0.938. The topological polar surface area (TPSA) is 39.7 Å². The predicted octanol–water partition coefficient (Wildman–Crippen LogP) is 2.83. The molecule has 2 rings (SSSR count). The molecule has 2 fully saturated rings. The summed E-state index contributed by atoms with van der Waals surface area (Å²) < 4.78 is 0. The Kier molecular flexibility index (Phi) is 9.64. The third-order valence-corrected chi connectivity index (χ3v) is 4.38. The predicted molar refractivity (Wildman–Crippen MR) is 102 cm³/mol. The van der Waals surface area contributed by atoms with E-state index in [1.165, 1.54) is 51.6 Å². The van der Waals surface area contributed by atoms with Gasteiger partial charge in [-0.15, -0.1) is 24.0 Å². The average molecular weight is 408 g/mol. The molecule has 5 heteroatoms. The summed E-state index contributed by atoms with van der Waals surface area (Å²) in [5.41, 5.74) is 0. The quantitative estimate of drug-likeness (QED) is 0.387.